The second-order valence-corrected chi connectivity index (χ2v) is 7.27. The Morgan fingerprint density at radius 2 is 1.75 bits per heavy atom. The Morgan fingerprint density at radius 3 is 2.43 bits per heavy atom. The first-order chi connectivity index (χ1) is 13.7. The van der Waals surface area contributed by atoms with E-state index in [2.05, 4.69) is 10.6 Å². The van der Waals surface area contributed by atoms with Gasteiger partial charge < -0.3 is 20.1 Å². The highest BCUT2D eigenvalue weighted by Crippen LogP contribution is 2.30. The van der Waals surface area contributed by atoms with E-state index in [0.717, 1.165) is 38.0 Å². The quantitative estimate of drug-likeness (QED) is 0.765. The van der Waals surface area contributed by atoms with Crippen molar-refractivity contribution in [1.82, 2.24) is 0 Å². The van der Waals surface area contributed by atoms with Crippen LogP contribution in [0.1, 0.15) is 36.0 Å². The predicted molar refractivity (Wildman–Crippen MR) is 107 cm³/mol. The zero-order chi connectivity index (χ0) is 19.3. The summed E-state index contributed by atoms with van der Waals surface area (Å²) in [5, 5.41) is 5.75. The molecule has 2 N–H and O–H groups in total. The SMILES string of the molecule is O=C(Nc1cccc(NC(=O)C2CC2)c1)c1ccc(OCC2CCCO2)cc1. The number of hydrogen-bond donors (Lipinski definition) is 2. The van der Waals surface area contributed by atoms with Crippen LogP contribution in [-0.4, -0.2) is 31.1 Å². The third-order valence-electron chi connectivity index (χ3n) is 4.91. The van der Waals surface area contributed by atoms with Crippen molar-refractivity contribution in [2.75, 3.05) is 23.8 Å². The minimum atomic E-state index is -0.212. The van der Waals surface area contributed by atoms with Gasteiger partial charge in [0.25, 0.3) is 5.91 Å². The van der Waals surface area contributed by atoms with Gasteiger partial charge in [-0.3, -0.25) is 9.59 Å². The van der Waals surface area contributed by atoms with Gasteiger partial charge in [-0.1, -0.05) is 6.07 Å². The van der Waals surface area contributed by atoms with E-state index in [0.29, 0.717) is 23.5 Å². The summed E-state index contributed by atoms with van der Waals surface area (Å²) in [5.74, 6) is 0.689. The molecule has 1 unspecified atom stereocenters. The van der Waals surface area contributed by atoms with Crippen LogP contribution in [0, 0.1) is 5.92 Å². The van der Waals surface area contributed by atoms with Gasteiger partial charge in [0, 0.05) is 29.5 Å². The van der Waals surface area contributed by atoms with Gasteiger partial charge in [0.05, 0.1) is 6.10 Å². The molecule has 4 rings (SSSR count). The van der Waals surface area contributed by atoms with Crippen molar-refractivity contribution in [2.24, 2.45) is 5.92 Å². The van der Waals surface area contributed by atoms with Gasteiger partial charge in [-0.05, 0) is 68.1 Å². The molecule has 1 saturated heterocycles. The summed E-state index contributed by atoms with van der Waals surface area (Å²) in [5.41, 5.74) is 1.86. The molecular formula is C22H24N2O4. The van der Waals surface area contributed by atoms with Crippen LogP contribution in [0.15, 0.2) is 48.5 Å². The summed E-state index contributed by atoms with van der Waals surface area (Å²) in [4.78, 5) is 24.4. The molecule has 2 amide bonds. The van der Waals surface area contributed by atoms with Crippen LogP contribution in [0.2, 0.25) is 0 Å². The molecule has 0 aromatic heterocycles. The number of nitrogens with one attached hydrogen (secondary N) is 2. The molecule has 146 valence electrons. The molecule has 0 radical (unpaired) electrons. The van der Waals surface area contributed by atoms with Crippen LogP contribution in [0.4, 0.5) is 11.4 Å². The molecule has 2 aliphatic rings. The molecule has 2 fully saturated rings. The molecule has 1 aliphatic carbocycles. The van der Waals surface area contributed by atoms with E-state index in [1.807, 2.05) is 6.07 Å². The monoisotopic (exact) mass is 380 g/mol. The highest BCUT2D eigenvalue weighted by molar-refractivity contribution is 6.04. The summed E-state index contributed by atoms with van der Waals surface area (Å²) >= 11 is 0. The van der Waals surface area contributed by atoms with Crippen molar-refractivity contribution in [3.63, 3.8) is 0 Å². The third kappa shape index (κ3) is 4.89. The van der Waals surface area contributed by atoms with Crippen LogP contribution in [-0.2, 0) is 9.53 Å². The first kappa shape index (κ1) is 18.5. The average Bonchev–Trinajstić information content (AvgIpc) is 3.43. The Bertz CT molecular complexity index is 840. The standard InChI is InChI=1S/C22H24N2O4/c25-21(15-6-7-15)23-17-3-1-4-18(13-17)24-22(26)16-8-10-19(11-9-16)28-14-20-5-2-12-27-20/h1,3-4,8-11,13,15,20H,2,5-7,12,14H2,(H,23,25)(H,24,26). The summed E-state index contributed by atoms with van der Waals surface area (Å²) in [7, 11) is 0. The average molecular weight is 380 g/mol. The number of benzene rings is 2. The van der Waals surface area contributed by atoms with E-state index in [1.165, 1.54) is 0 Å². The smallest absolute Gasteiger partial charge is 0.255 e. The van der Waals surface area contributed by atoms with Crippen LogP contribution >= 0.6 is 0 Å². The molecular weight excluding hydrogens is 356 g/mol. The first-order valence-electron chi connectivity index (χ1n) is 9.74. The van der Waals surface area contributed by atoms with Crippen LogP contribution < -0.4 is 15.4 Å². The second-order valence-electron chi connectivity index (χ2n) is 7.27. The Hall–Kier alpha value is -2.86. The van der Waals surface area contributed by atoms with Crippen molar-refractivity contribution in [1.29, 1.82) is 0 Å². The Morgan fingerprint density at radius 1 is 1.00 bits per heavy atom. The fraction of sp³-hybridized carbons (Fsp3) is 0.364. The summed E-state index contributed by atoms with van der Waals surface area (Å²) < 4.78 is 11.3. The lowest BCUT2D eigenvalue weighted by Gasteiger charge is -2.12. The third-order valence-corrected chi connectivity index (χ3v) is 4.91. The summed E-state index contributed by atoms with van der Waals surface area (Å²) in [6, 6.07) is 14.2. The second kappa shape index (κ2) is 8.44. The number of amides is 2. The topological polar surface area (TPSA) is 76.7 Å². The number of carbonyl (C=O) groups is 2. The predicted octanol–water partition coefficient (Wildman–Crippen LogP) is 3.85. The normalized spacial score (nSPS) is 18.5. The molecule has 0 bridgehead atoms. The number of ether oxygens (including phenoxy) is 2. The van der Waals surface area contributed by atoms with Crippen LogP contribution in [0.3, 0.4) is 0 Å². The highest BCUT2D eigenvalue weighted by atomic mass is 16.5. The van der Waals surface area contributed by atoms with Gasteiger partial charge in [0.15, 0.2) is 0 Å². The molecule has 1 heterocycles. The molecule has 1 atom stereocenters. The van der Waals surface area contributed by atoms with E-state index >= 15 is 0 Å². The lowest BCUT2D eigenvalue weighted by Crippen LogP contribution is -2.16. The van der Waals surface area contributed by atoms with E-state index in [9.17, 15) is 9.59 Å². The fourth-order valence-electron chi connectivity index (χ4n) is 3.14. The van der Waals surface area contributed by atoms with Crippen molar-refractivity contribution in [3.05, 3.63) is 54.1 Å². The maximum atomic E-state index is 12.5. The van der Waals surface area contributed by atoms with E-state index in [4.69, 9.17) is 9.47 Å². The summed E-state index contributed by atoms with van der Waals surface area (Å²) in [6.07, 6.45) is 4.18. The number of anilines is 2. The molecule has 2 aromatic carbocycles. The van der Waals surface area contributed by atoms with Crippen LogP contribution in [0.5, 0.6) is 5.75 Å². The van der Waals surface area contributed by atoms with E-state index < -0.39 is 0 Å². The van der Waals surface area contributed by atoms with Crippen molar-refractivity contribution >= 4 is 23.2 Å². The molecule has 2 aromatic rings. The van der Waals surface area contributed by atoms with E-state index in [-0.39, 0.29) is 23.8 Å². The molecule has 6 heteroatoms. The first-order valence-corrected chi connectivity index (χ1v) is 9.74. The zero-order valence-electron chi connectivity index (χ0n) is 15.6. The maximum Gasteiger partial charge on any atom is 0.255 e. The minimum Gasteiger partial charge on any atom is -0.491 e. The molecule has 0 spiro atoms. The number of rotatable bonds is 7. The minimum absolute atomic E-state index is 0.0436. The lowest BCUT2D eigenvalue weighted by molar-refractivity contribution is -0.117. The maximum absolute atomic E-state index is 12.5. The van der Waals surface area contributed by atoms with Gasteiger partial charge in [0.1, 0.15) is 12.4 Å². The Balaban J connectivity index is 1.32. The number of carbonyl (C=O) groups excluding carboxylic acids is 2. The molecule has 28 heavy (non-hydrogen) atoms. The molecule has 1 saturated carbocycles. The fourth-order valence-corrected chi connectivity index (χ4v) is 3.14. The van der Waals surface area contributed by atoms with E-state index in [1.54, 1.807) is 42.5 Å². The lowest BCUT2D eigenvalue weighted by atomic mass is 10.2. The largest absolute Gasteiger partial charge is 0.491 e. The number of hydrogen-bond acceptors (Lipinski definition) is 4. The molecule has 1 aliphatic heterocycles. The van der Waals surface area contributed by atoms with Gasteiger partial charge in [-0.25, -0.2) is 0 Å². The zero-order valence-corrected chi connectivity index (χ0v) is 15.6. The summed E-state index contributed by atoms with van der Waals surface area (Å²) in [6.45, 7) is 1.34. The van der Waals surface area contributed by atoms with Crippen LogP contribution in [0.25, 0.3) is 0 Å². The molecule has 6 nitrogen and oxygen atoms in total. The Labute approximate surface area is 164 Å². The van der Waals surface area contributed by atoms with Gasteiger partial charge in [-0.15, -0.1) is 0 Å². The van der Waals surface area contributed by atoms with Gasteiger partial charge in [-0.2, -0.15) is 0 Å². The van der Waals surface area contributed by atoms with Crippen molar-refractivity contribution in [3.8, 4) is 5.75 Å². The van der Waals surface area contributed by atoms with Crippen molar-refractivity contribution < 1.29 is 19.1 Å². The van der Waals surface area contributed by atoms with Gasteiger partial charge in [0.2, 0.25) is 5.91 Å². The van der Waals surface area contributed by atoms with Crippen molar-refractivity contribution in [2.45, 2.75) is 31.8 Å². The highest BCUT2D eigenvalue weighted by Gasteiger charge is 2.29. The van der Waals surface area contributed by atoms with Gasteiger partial charge >= 0.3 is 0 Å². The Kier molecular flexibility index (Phi) is 5.58.